The van der Waals surface area contributed by atoms with Crippen molar-refractivity contribution in [1.29, 1.82) is 0 Å². The molecule has 8 heteroatoms. The maximum absolute atomic E-state index is 12.8. The fourth-order valence-electron chi connectivity index (χ4n) is 4.69. The molecule has 0 spiro atoms. The molecule has 0 amide bonds. The molecular weight excluding hydrogens is 463 g/mol. The Morgan fingerprint density at radius 3 is 2.55 bits per heavy atom. The first-order chi connectivity index (χ1) is 15.1. The fourth-order valence-corrected chi connectivity index (χ4v) is 4.69. The number of ketones is 1. The van der Waals surface area contributed by atoms with Crippen molar-refractivity contribution in [2.45, 2.75) is 44.9 Å². The van der Waals surface area contributed by atoms with E-state index in [0.717, 1.165) is 39.1 Å². The number of nitrogens with zero attached hydrogens (tertiary/aromatic N) is 2. The molecule has 1 saturated heterocycles. The van der Waals surface area contributed by atoms with Gasteiger partial charge in [-0.3, -0.25) is 14.5 Å². The lowest BCUT2D eigenvalue weighted by Crippen LogP contribution is -2.45. The molecule has 2 fully saturated rings. The van der Waals surface area contributed by atoms with Crippen LogP contribution in [-0.2, 0) is 0 Å². The van der Waals surface area contributed by atoms with Crippen LogP contribution in [-0.4, -0.2) is 62.0 Å². The quantitative estimate of drug-likeness (QED) is 0.486. The van der Waals surface area contributed by atoms with Gasteiger partial charge in [0.2, 0.25) is 0 Å². The molecule has 1 aliphatic carbocycles. The van der Waals surface area contributed by atoms with E-state index in [1.54, 1.807) is 12.1 Å². The lowest BCUT2D eigenvalue weighted by Gasteiger charge is -2.32. The van der Waals surface area contributed by atoms with Crippen LogP contribution in [0, 0.1) is 5.92 Å². The van der Waals surface area contributed by atoms with E-state index in [1.165, 1.54) is 38.2 Å². The Balaban J connectivity index is 0.00000193. The Morgan fingerprint density at radius 2 is 1.82 bits per heavy atom. The third-order valence-corrected chi connectivity index (χ3v) is 6.76. The number of carbonyl (C=O) groups is 1. The Morgan fingerprint density at radius 1 is 1.09 bits per heavy atom. The summed E-state index contributed by atoms with van der Waals surface area (Å²) in [6.07, 6.45) is 7.56. The molecule has 0 radical (unpaired) electrons. The second-order valence-electron chi connectivity index (χ2n) is 9.07. The standard InChI is InChI=1S/C25H34N2O4.2ClH/c1-26-12-14-27(15-13-26)16-17-30-23-9-5-8-20-22(29)18-24(31-25(20)23)21(28)11-10-19-6-3-2-4-7-19;;/h5,8-9,18-19H,2-4,6-7,10-17H2,1H3;2*1H. The molecule has 1 aromatic heterocycles. The Hall–Kier alpha value is -1.60. The van der Waals surface area contributed by atoms with E-state index in [-0.39, 0.29) is 41.8 Å². The molecular formula is C25H36Cl2N2O4. The van der Waals surface area contributed by atoms with Gasteiger partial charge in [-0.15, -0.1) is 24.8 Å². The number of rotatable bonds is 8. The van der Waals surface area contributed by atoms with Crippen LogP contribution in [0.25, 0.3) is 11.0 Å². The number of ether oxygens (including phenoxy) is 1. The molecule has 2 aromatic rings. The molecule has 1 aromatic carbocycles. The molecule has 1 saturated carbocycles. The monoisotopic (exact) mass is 498 g/mol. The van der Waals surface area contributed by atoms with Crippen molar-refractivity contribution in [3.8, 4) is 5.75 Å². The van der Waals surface area contributed by atoms with E-state index in [4.69, 9.17) is 9.15 Å². The third-order valence-electron chi connectivity index (χ3n) is 6.76. The second kappa shape index (κ2) is 13.3. The maximum atomic E-state index is 12.8. The van der Waals surface area contributed by atoms with Crippen LogP contribution in [0.1, 0.15) is 55.5 Å². The van der Waals surface area contributed by atoms with Gasteiger partial charge < -0.3 is 14.1 Å². The summed E-state index contributed by atoms with van der Waals surface area (Å²) < 4.78 is 11.9. The molecule has 184 valence electrons. The van der Waals surface area contributed by atoms with E-state index in [1.807, 2.05) is 6.07 Å². The molecule has 2 heterocycles. The number of hydrogen-bond acceptors (Lipinski definition) is 6. The van der Waals surface area contributed by atoms with Gasteiger partial charge in [0.25, 0.3) is 0 Å². The molecule has 0 bridgehead atoms. The van der Waals surface area contributed by atoms with Crippen molar-refractivity contribution in [2.75, 3.05) is 46.4 Å². The van der Waals surface area contributed by atoms with Crippen molar-refractivity contribution in [2.24, 2.45) is 5.92 Å². The number of halogens is 2. The summed E-state index contributed by atoms with van der Waals surface area (Å²) in [7, 11) is 2.14. The first-order valence-corrected chi connectivity index (χ1v) is 11.7. The van der Waals surface area contributed by atoms with Gasteiger partial charge in [-0.1, -0.05) is 38.2 Å². The number of Topliss-reactive ketones (excluding diaryl/α,β-unsaturated/α-hetero) is 1. The van der Waals surface area contributed by atoms with E-state index in [9.17, 15) is 9.59 Å². The zero-order valence-corrected chi connectivity index (χ0v) is 21.1. The molecule has 4 rings (SSSR count). The summed E-state index contributed by atoms with van der Waals surface area (Å²) in [4.78, 5) is 30.1. The minimum Gasteiger partial charge on any atom is -0.488 e. The second-order valence-corrected chi connectivity index (χ2v) is 9.07. The molecule has 2 aliphatic rings. The van der Waals surface area contributed by atoms with Gasteiger partial charge in [-0.25, -0.2) is 0 Å². The van der Waals surface area contributed by atoms with Crippen LogP contribution in [0.2, 0.25) is 0 Å². The highest BCUT2D eigenvalue weighted by molar-refractivity contribution is 5.95. The van der Waals surface area contributed by atoms with Crippen molar-refractivity contribution in [1.82, 2.24) is 9.80 Å². The number of carbonyl (C=O) groups excluding carboxylic acids is 1. The highest BCUT2D eigenvalue weighted by Gasteiger charge is 2.19. The highest BCUT2D eigenvalue weighted by atomic mass is 35.5. The zero-order chi connectivity index (χ0) is 21.6. The van der Waals surface area contributed by atoms with Gasteiger partial charge in [-0.05, 0) is 31.5 Å². The predicted octanol–water partition coefficient (Wildman–Crippen LogP) is 4.81. The lowest BCUT2D eigenvalue weighted by molar-refractivity contribution is 0.0943. The number of piperazine rings is 1. The molecule has 6 nitrogen and oxygen atoms in total. The average molecular weight is 499 g/mol. The smallest absolute Gasteiger partial charge is 0.198 e. The molecule has 33 heavy (non-hydrogen) atoms. The summed E-state index contributed by atoms with van der Waals surface area (Å²) in [5, 5.41) is 0.459. The Kier molecular flexibility index (Phi) is 11.2. The van der Waals surface area contributed by atoms with Crippen LogP contribution < -0.4 is 10.2 Å². The maximum Gasteiger partial charge on any atom is 0.198 e. The topological polar surface area (TPSA) is 63.0 Å². The highest BCUT2D eigenvalue weighted by Crippen LogP contribution is 2.29. The van der Waals surface area contributed by atoms with Gasteiger partial charge in [0.1, 0.15) is 6.61 Å². The summed E-state index contributed by atoms with van der Waals surface area (Å²) >= 11 is 0. The predicted molar refractivity (Wildman–Crippen MR) is 137 cm³/mol. The van der Waals surface area contributed by atoms with Crippen molar-refractivity contribution in [3.63, 3.8) is 0 Å². The number of benzene rings is 1. The summed E-state index contributed by atoms with van der Waals surface area (Å²) in [6.45, 7) is 5.54. The largest absolute Gasteiger partial charge is 0.488 e. The van der Waals surface area contributed by atoms with Crippen molar-refractivity contribution >= 4 is 41.6 Å². The van der Waals surface area contributed by atoms with Crippen LogP contribution in [0.15, 0.2) is 33.5 Å². The van der Waals surface area contributed by atoms with Gasteiger partial charge in [0.15, 0.2) is 28.3 Å². The molecule has 0 unspecified atom stereocenters. The summed E-state index contributed by atoms with van der Waals surface area (Å²) in [5.41, 5.74) is 0.196. The summed E-state index contributed by atoms with van der Waals surface area (Å²) in [6, 6.07) is 6.69. The number of fused-ring (bicyclic) bond motifs is 1. The van der Waals surface area contributed by atoms with Gasteiger partial charge in [-0.2, -0.15) is 0 Å². The lowest BCUT2D eigenvalue weighted by atomic mass is 9.85. The van der Waals surface area contributed by atoms with Crippen molar-refractivity contribution < 1.29 is 13.9 Å². The van der Waals surface area contributed by atoms with Crippen LogP contribution in [0.4, 0.5) is 0 Å². The molecule has 0 atom stereocenters. The van der Waals surface area contributed by atoms with E-state index in [2.05, 4.69) is 16.8 Å². The average Bonchev–Trinajstić information content (AvgIpc) is 2.80. The number of hydrogen-bond donors (Lipinski definition) is 0. The van der Waals surface area contributed by atoms with Crippen LogP contribution >= 0.6 is 24.8 Å². The Labute approximate surface area is 208 Å². The zero-order valence-electron chi connectivity index (χ0n) is 19.4. The Bertz CT molecular complexity index is 951. The van der Waals surface area contributed by atoms with Crippen LogP contribution in [0.3, 0.4) is 0 Å². The fraction of sp³-hybridized carbons (Fsp3) is 0.600. The third kappa shape index (κ3) is 7.44. The first-order valence-electron chi connectivity index (χ1n) is 11.7. The SMILES string of the molecule is CN1CCN(CCOc2cccc3c(=O)cc(C(=O)CCC4CCCCC4)oc23)CC1.Cl.Cl. The van der Waals surface area contributed by atoms with E-state index in [0.29, 0.717) is 35.7 Å². The van der Waals surface area contributed by atoms with Gasteiger partial charge in [0, 0.05) is 45.2 Å². The van der Waals surface area contributed by atoms with E-state index >= 15 is 0 Å². The normalized spacial score (nSPS) is 17.8. The molecule has 0 N–H and O–H groups in total. The number of para-hydroxylation sites is 1. The van der Waals surface area contributed by atoms with Gasteiger partial charge >= 0.3 is 0 Å². The van der Waals surface area contributed by atoms with Gasteiger partial charge in [0.05, 0.1) is 5.39 Å². The molecule has 1 aliphatic heterocycles. The first kappa shape index (κ1) is 27.6. The minimum absolute atomic E-state index is 0. The minimum atomic E-state index is -0.188. The summed E-state index contributed by atoms with van der Waals surface area (Å²) in [5.74, 6) is 1.23. The van der Waals surface area contributed by atoms with Crippen LogP contribution in [0.5, 0.6) is 5.75 Å². The van der Waals surface area contributed by atoms with E-state index < -0.39 is 0 Å². The number of likely N-dealkylation sites (N-methyl/N-ethyl adjacent to an activating group) is 1. The van der Waals surface area contributed by atoms with Crippen molar-refractivity contribution in [3.05, 3.63) is 40.2 Å².